The molecular weight excluding hydrogens is 196 g/mol. The van der Waals surface area contributed by atoms with Crippen molar-refractivity contribution in [1.82, 2.24) is 21.2 Å². The number of aromatic nitrogens is 1. The van der Waals surface area contributed by atoms with Gasteiger partial charge in [-0.25, -0.2) is 5.43 Å². The normalized spacial score (nSPS) is 26.1. The van der Waals surface area contributed by atoms with E-state index in [1.54, 1.807) is 12.4 Å². The second-order valence-corrected chi connectivity index (χ2v) is 3.25. The largest absolute Gasteiger partial charge is 0.394 e. The molecule has 0 aromatic carbocycles. The lowest BCUT2D eigenvalue weighted by Gasteiger charge is -2.30. The fourth-order valence-corrected chi connectivity index (χ4v) is 1.42. The van der Waals surface area contributed by atoms with Gasteiger partial charge in [-0.3, -0.25) is 20.5 Å². The molecule has 0 aliphatic carbocycles. The summed E-state index contributed by atoms with van der Waals surface area (Å²) in [5.41, 5.74) is 6.25. The van der Waals surface area contributed by atoms with Gasteiger partial charge < -0.3 is 5.11 Å². The van der Waals surface area contributed by atoms with E-state index in [1.165, 1.54) is 0 Å². The number of hydrogen-bond donors (Lipinski definition) is 4. The van der Waals surface area contributed by atoms with Crippen LogP contribution in [0.4, 0.5) is 0 Å². The molecule has 0 saturated carbocycles. The summed E-state index contributed by atoms with van der Waals surface area (Å²) < 4.78 is 0. The van der Waals surface area contributed by atoms with Crippen LogP contribution in [-0.2, 0) is 4.79 Å². The van der Waals surface area contributed by atoms with Crippen molar-refractivity contribution in [1.29, 1.82) is 0 Å². The topological polar surface area (TPSA) is 86.3 Å². The lowest BCUT2D eigenvalue weighted by molar-refractivity contribution is -0.128. The van der Waals surface area contributed by atoms with Gasteiger partial charge >= 0.3 is 0 Å². The number of carbonyl (C=O) groups is 1. The van der Waals surface area contributed by atoms with E-state index in [2.05, 4.69) is 21.2 Å². The predicted molar refractivity (Wildman–Crippen MR) is 52.3 cm³/mol. The Morgan fingerprint density at radius 1 is 1.40 bits per heavy atom. The zero-order chi connectivity index (χ0) is 10.7. The SMILES string of the molecule is O=C1NNC(c2ccncc2)NC1CO. The third-order valence-electron chi connectivity index (χ3n) is 2.25. The molecular formula is C9H12N4O2. The van der Waals surface area contributed by atoms with Crippen LogP contribution in [0.5, 0.6) is 0 Å². The maximum Gasteiger partial charge on any atom is 0.253 e. The zero-order valence-electron chi connectivity index (χ0n) is 7.97. The first-order valence-corrected chi connectivity index (χ1v) is 4.63. The van der Waals surface area contributed by atoms with Crippen LogP contribution in [0.2, 0.25) is 0 Å². The summed E-state index contributed by atoms with van der Waals surface area (Å²) in [4.78, 5) is 15.1. The third kappa shape index (κ3) is 2.12. The number of rotatable bonds is 2. The first kappa shape index (κ1) is 10.0. The van der Waals surface area contributed by atoms with Crippen molar-refractivity contribution < 1.29 is 9.90 Å². The Kier molecular flexibility index (Phi) is 2.91. The van der Waals surface area contributed by atoms with E-state index in [1.807, 2.05) is 12.1 Å². The van der Waals surface area contributed by atoms with E-state index in [0.717, 1.165) is 5.56 Å². The second kappa shape index (κ2) is 4.35. The average molecular weight is 208 g/mol. The van der Waals surface area contributed by atoms with Crippen molar-refractivity contribution in [2.45, 2.75) is 12.2 Å². The summed E-state index contributed by atoms with van der Waals surface area (Å²) >= 11 is 0. The number of nitrogens with zero attached hydrogens (tertiary/aromatic N) is 1. The van der Waals surface area contributed by atoms with Crippen LogP contribution in [0.15, 0.2) is 24.5 Å². The van der Waals surface area contributed by atoms with Crippen LogP contribution in [0.1, 0.15) is 11.7 Å². The van der Waals surface area contributed by atoms with E-state index < -0.39 is 6.04 Å². The monoisotopic (exact) mass is 208 g/mol. The van der Waals surface area contributed by atoms with Gasteiger partial charge in [0.15, 0.2) is 0 Å². The third-order valence-corrected chi connectivity index (χ3v) is 2.25. The van der Waals surface area contributed by atoms with Crippen LogP contribution in [0.3, 0.4) is 0 Å². The number of nitrogens with one attached hydrogen (secondary N) is 3. The highest BCUT2D eigenvalue weighted by Crippen LogP contribution is 2.10. The van der Waals surface area contributed by atoms with Crippen molar-refractivity contribution >= 4 is 5.91 Å². The highest BCUT2D eigenvalue weighted by molar-refractivity contribution is 5.82. The predicted octanol–water partition coefficient (Wildman–Crippen LogP) is -1.33. The van der Waals surface area contributed by atoms with Crippen molar-refractivity contribution in [3.63, 3.8) is 0 Å². The molecule has 2 atom stereocenters. The van der Waals surface area contributed by atoms with Gasteiger partial charge in [-0.1, -0.05) is 0 Å². The molecule has 1 amide bonds. The molecule has 1 aromatic heterocycles. The van der Waals surface area contributed by atoms with Gasteiger partial charge in [-0.05, 0) is 17.7 Å². The molecule has 1 aliphatic heterocycles. The summed E-state index contributed by atoms with van der Waals surface area (Å²) in [6, 6.07) is 3.08. The van der Waals surface area contributed by atoms with Crippen LogP contribution in [0, 0.1) is 0 Å². The number of hydrogen-bond acceptors (Lipinski definition) is 5. The molecule has 2 rings (SSSR count). The van der Waals surface area contributed by atoms with Crippen LogP contribution < -0.4 is 16.2 Å². The maximum absolute atomic E-state index is 11.2. The summed E-state index contributed by atoms with van der Waals surface area (Å²) in [6.45, 7) is -0.227. The molecule has 0 bridgehead atoms. The number of hydrazine groups is 1. The Hall–Kier alpha value is -1.50. The smallest absolute Gasteiger partial charge is 0.253 e. The molecule has 0 radical (unpaired) electrons. The Morgan fingerprint density at radius 3 is 2.80 bits per heavy atom. The highest BCUT2D eigenvalue weighted by Gasteiger charge is 2.27. The molecule has 2 unspecified atom stereocenters. The summed E-state index contributed by atoms with van der Waals surface area (Å²) in [5.74, 6) is -0.261. The van der Waals surface area contributed by atoms with E-state index in [-0.39, 0.29) is 18.7 Å². The first-order chi connectivity index (χ1) is 7.31. The zero-order valence-corrected chi connectivity index (χ0v) is 7.97. The van der Waals surface area contributed by atoms with E-state index >= 15 is 0 Å². The fraction of sp³-hybridized carbons (Fsp3) is 0.333. The van der Waals surface area contributed by atoms with E-state index in [0.29, 0.717) is 0 Å². The van der Waals surface area contributed by atoms with Crippen molar-refractivity contribution in [2.24, 2.45) is 0 Å². The van der Waals surface area contributed by atoms with Crippen LogP contribution in [0.25, 0.3) is 0 Å². The molecule has 1 aromatic rings. The molecule has 80 valence electrons. The number of carbonyl (C=O) groups excluding carboxylic acids is 1. The summed E-state index contributed by atoms with van der Waals surface area (Å²) in [6.07, 6.45) is 3.13. The molecule has 1 saturated heterocycles. The number of aliphatic hydroxyl groups is 1. The van der Waals surface area contributed by atoms with Crippen LogP contribution in [-0.4, -0.2) is 28.6 Å². The van der Waals surface area contributed by atoms with Gasteiger partial charge in [0.1, 0.15) is 12.2 Å². The molecule has 4 N–H and O–H groups in total. The highest BCUT2D eigenvalue weighted by atomic mass is 16.3. The van der Waals surface area contributed by atoms with Gasteiger partial charge in [0, 0.05) is 12.4 Å². The number of amides is 1. The quantitative estimate of drug-likeness (QED) is 0.483. The first-order valence-electron chi connectivity index (χ1n) is 4.63. The average Bonchev–Trinajstić information content (AvgIpc) is 2.31. The minimum Gasteiger partial charge on any atom is -0.394 e. The molecule has 0 spiro atoms. The fourth-order valence-electron chi connectivity index (χ4n) is 1.42. The number of pyridine rings is 1. The molecule has 1 fully saturated rings. The standard InChI is InChI=1S/C9H12N4O2/c14-5-7-9(15)13-12-8(11-7)6-1-3-10-4-2-6/h1-4,7-8,11-12,14H,5H2,(H,13,15). The lowest BCUT2D eigenvalue weighted by atomic mass is 10.1. The van der Waals surface area contributed by atoms with Gasteiger partial charge in [0.05, 0.1) is 6.61 Å². The van der Waals surface area contributed by atoms with Gasteiger partial charge in [0.2, 0.25) is 0 Å². The Morgan fingerprint density at radius 2 is 2.13 bits per heavy atom. The lowest BCUT2D eigenvalue weighted by Crippen LogP contribution is -2.62. The Labute approximate surface area is 86.7 Å². The molecule has 1 aliphatic rings. The Balaban J connectivity index is 2.09. The minimum atomic E-state index is -0.579. The summed E-state index contributed by atoms with van der Waals surface area (Å²) in [5, 5.41) is 11.9. The van der Waals surface area contributed by atoms with Crippen molar-refractivity contribution in [3.8, 4) is 0 Å². The van der Waals surface area contributed by atoms with E-state index in [4.69, 9.17) is 5.11 Å². The maximum atomic E-state index is 11.2. The Bertz CT molecular complexity index is 343. The van der Waals surface area contributed by atoms with E-state index in [9.17, 15) is 4.79 Å². The number of aliphatic hydroxyl groups excluding tert-OH is 1. The molecule has 6 heteroatoms. The molecule has 15 heavy (non-hydrogen) atoms. The van der Waals surface area contributed by atoms with Crippen molar-refractivity contribution in [3.05, 3.63) is 30.1 Å². The molecule has 6 nitrogen and oxygen atoms in total. The second-order valence-electron chi connectivity index (χ2n) is 3.25. The molecule has 2 heterocycles. The van der Waals surface area contributed by atoms with Crippen LogP contribution >= 0.6 is 0 Å². The van der Waals surface area contributed by atoms with Crippen molar-refractivity contribution in [2.75, 3.05) is 6.61 Å². The van der Waals surface area contributed by atoms with Gasteiger partial charge in [-0.15, -0.1) is 0 Å². The van der Waals surface area contributed by atoms with Gasteiger partial charge in [-0.2, -0.15) is 0 Å². The minimum absolute atomic E-state index is 0.206. The van der Waals surface area contributed by atoms with Gasteiger partial charge in [0.25, 0.3) is 5.91 Å². The summed E-state index contributed by atoms with van der Waals surface area (Å²) in [7, 11) is 0.